The van der Waals surface area contributed by atoms with E-state index in [0.29, 0.717) is 9.39 Å². The highest BCUT2D eigenvalue weighted by Gasteiger charge is 2.04. The van der Waals surface area contributed by atoms with Crippen molar-refractivity contribution in [1.82, 2.24) is 9.97 Å². The van der Waals surface area contributed by atoms with Crippen LogP contribution in [-0.2, 0) is 0 Å². The molecule has 3 nitrogen and oxygen atoms in total. The standard InChI is InChI=1S/C6H6ClIN2O/c1-3(7)5-9-2-4(8)6(11)10-5/h2-3H,1H3,(H,9,10,11). The fraction of sp³-hybridized carbons (Fsp3) is 0.333. The molecule has 1 N–H and O–H groups in total. The molecule has 0 fully saturated rings. The number of nitrogens with one attached hydrogen (secondary N) is 1. The number of nitrogens with zero attached hydrogens (tertiary/aromatic N) is 1. The van der Waals surface area contributed by atoms with Crippen molar-refractivity contribution in [2.45, 2.75) is 12.3 Å². The number of H-pyrrole nitrogens is 1. The molecule has 0 saturated heterocycles. The van der Waals surface area contributed by atoms with Crippen molar-refractivity contribution in [3.63, 3.8) is 0 Å². The van der Waals surface area contributed by atoms with Crippen molar-refractivity contribution in [2.24, 2.45) is 0 Å². The Morgan fingerprint density at radius 2 is 2.45 bits per heavy atom. The molecule has 0 aromatic carbocycles. The van der Waals surface area contributed by atoms with Gasteiger partial charge < -0.3 is 4.98 Å². The number of halogens is 2. The third kappa shape index (κ3) is 2.16. The van der Waals surface area contributed by atoms with E-state index in [1.54, 1.807) is 6.92 Å². The molecule has 1 unspecified atom stereocenters. The fourth-order valence-electron chi connectivity index (χ4n) is 0.595. The lowest BCUT2D eigenvalue weighted by Crippen LogP contribution is -2.13. The van der Waals surface area contributed by atoms with E-state index in [1.807, 2.05) is 22.6 Å². The van der Waals surface area contributed by atoms with Gasteiger partial charge in [-0.15, -0.1) is 11.6 Å². The minimum absolute atomic E-state index is 0.136. The highest BCUT2D eigenvalue weighted by Crippen LogP contribution is 2.12. The second kappa shape index (κ2) is 3.53. The first-order valence-electron chi connectivity index (χ1n) is 3.00. The Bertz CT molecular complexity index is 310. The van der Waals surface area contributed by atoms with Gasteiger partial charge in [0.05, 0.1) is 8.95 Å². The number of alkyl halides is 1. The third-order valence-corrected chi connectivity index (χ3v) is 2.13. The molecule has 0 saturated carbocycles. The minimum Gasteiger partial charge on any atom is -0.308 e. The molecule has 1 aromatic heterocycles. The van der Waals surface area contributed by atoms with E-state index in [0.717, 1.165) is 0 Å². The molecule has 0 bridgehead atoms. The molecule has 1 aromatic rings. The van der Waals surface area contributed by atoms with Gasteiger partial charge in [-0.25, -0.2) is 4.98 Å². The molecule has 5 heteroatoms. The van der Waals surface area contributed by atoms with Crippen LogP contribution in [0.5, 0.6) is 0 Å². The summed E-state index contributed by atoms with van der Waals surface area (Å²) in [6.07, 6.45) is 1.51. The van der Waals surface area contributed by atoms with Gasteiger partial charge in [0, 0.05) is 6.20 Å². The zero-order chi connectivity index (χ0) is 8.43. The lowest BCUT2D eigenvalue weighted by molar-refractivity contribution is 0.887. The summed E-state index contributed by atoms with van der Waals surface area (Å²) in [7, 11) is 0. The molecule has 0 amide bonds. The van der Waals surface area contributed by atoms with E-state index in [1.165, 1.54) is 6.20 Å². The van der Waals surface area contributed by atoms with Crippen molar-refractivity contribution < 1.29 is 0 Å². The second-order valence-corrected chi connectivity index (χ2v) is 3.88. The summed E-state index contributed by atoms with van der Waals surface area (Å²) < 4.78 is 0.573. The van der Waals surface area contributed by atoms with Gasteiger partial charge in [-0.1, -0.05) is 0 Å². The van der Waals surface area contributed by atoms with E-state index >= 15 is 0 Å². The summed E-state index contributed by atoms with van der Waals surface area (Å²) in [6, 6.07) is 0. The van der Waals surface area contributed by atoms with Crippen molar-refractivity contribution in [1.29, 1.82) is 0 Å². The minimum atomic E-state index is -0.250. The van der Waals surface area contributed by atoms with Crippen LogP contribution in [0, 0.1) is 3.57 Å². The maximum absolute atomic E-state index is 11.0. The van der Waals surface area contributed by atoms with E-state index in [4.69, 9.17) is 11.6 Å². The average molecular weight is 284 g/mol. The molecule has 60 valence electrons. The SMILES string of the molecule is CC(Cl)c1ncc(I)c(=O)[nH]1. The highest BCUT2D eigenvalue weighted by atomic mass is 127. The largest absolute Gasteiger partial charge is 0.308 e. The maximum atomic E-state index is 11.0. The number of hydrogen-bond acceptors (Lipinski definition) is 2. The molecule has 1 atom stereocenters. The predicted octanol–water partition coefficient (Wildman–Crippen LogP) is 1.67. The fourth-order valence-corrected chi connectivity index (χ4v) is 0.980. The van der Waals surface area contributed by atoms with Crippen LogP contribution < -0.4 is 5.56 Å². The number of aromatic nitrogens is 2. The maximum Gasteiger partial charge on any atom is 0.264 e. The smallest absolute Gasteiger partial charge is 0.264 e. The van der Waals surface area contributed by atoms with Crippen LogP contribution in [0.15, 0.2) is 11.0 Å². The summed E-state index contributed by atoms with van der Waals surface area (Å²) in [6.45, 7) is 1.76. The van der Waals surface area contributed by atoms with Crippen molar-refractivity contribution in [2.75, 3.05) is 0 Å². The van der Waals surface area contributed by atoms with Gasteiger partial charge in [-0.3, -0.25) is 4.79 Å². The van der Waals surface area contributed by atoms with Crippen LogP contribution in [0.4, 0.5) is 0 Å². The van der Waals surface area contributed by atoms with Crippen LogP contribution in [0.25, 0.3) is 0 Å². The lowest BCUT2D eigenvalue weighted by Gasteiger charge is -1.99. The van der Waals surface area contributed by atoms with Gasteiger partial charge >= 0.3 is 0 Å². The van der Waals surface area contributed by atoms with Gasteiger partial charge in [0.2, 0.25) is 0 Å². The molecule has 0 aliphatic carbocycles. The molecule has 1 rings (SSSR count). The van der Waals surface area contributed by atoms with Crippen LogP contribution in [0.2, 0.25) is 0 Å². The topological polar surface area (TPSA) is 45.8 Å². The summed E-state index contributed by atoms with van der Waals surface area (Å²) >= 11 is 7.61. The van der Waals surface area contributed by atoms with Gasteiger partial charge in [-0.2, -0.15) is 0 Å². The molecule has 0 radical (unpaired) electrons. The normalized spacial score (nSPS) is 13.0. The van der Waals surface area contributed by atoms with Crippen LogP contribution in [0.3, 0.4) is 0 Å². The summed E-state index contributed by atoms with van der Waals surface area (Å²) in [5.74, 6) is 0.511. The summed E-state index contributed by atoms with van der Waals surface area (Å²) in [4.78, 5) is 17.5. The van der Waals surface area contributed by atoms with Crippen LogP contribution in [0.1, 0.15) is 18.1 Å². The zero-order valence-electron chi connectivity index (χ0n) is 5.77. The van der Waals surface area contributed by atoms with E-state index in [-0.39, 0.29) is 10.9 Å². The Morgan fingerprint density at radius 1 is 1.82 bits per heavy atom. The Kier molecular flexibility index (Phi) is 2.89. The van der Waals surface area contributed by atoms with Crippen LogP contribution in [-0.4, -0.2) is 9.97 Å². The van der Waals surface area contributed by atoms with Gasteiger partial charge in [-0.05, 0) is 29.5 Å². The Labute approximate surface area is 82.3 Å². The number of hydrogen-bond donors (Lipinski definition) is 1. The second-order valence-electron chi connectivity index (χ2n) is 2.06. The van der Waals surface area contributed by atoms with Gasteiger partial charge in [0.25, 0.3) is 5.56 Å². The van der Waals surface area contributed by atoms with E-state index in [9.17, 15) is 4.79 Å². The average Bonchev–Trinajstić information content (AvgIpc) is 1.94. The molecular formula is C6H6ClIN2O. The molecule has 1 heterocycles. The quantitative estimate of drug-likeness (QED) is 0.630. The van der Waals surface area contributed by atoms with Crippen molar-refractivity contribution in [3.05, 3.63) is 25.9 Å². The molecular weight excluding hydrogens is 278 g/mol. The highest BCUT2D eigenvalue weighted by molar-refractivity contribution is 14.1. The number of rotatable bonds is 1. The number of aromatic amines is 1. The summed E-state index contributed by atoms with van der Waals surface area (Å²) in [5.41, 5.74) is -0.136. The van der Waals surface area contributed by atoms with Crippen molar-refractivity contribution in [3.8, 4) is 0 Å². The predicted molar refractivity (Wildman–Crippen MR) is 51.8 cm³/mol. The molecule has 11 heavy (non-hydrogen) atoms. The molecule has 0 spiro atoms. The third-order valence-electron chi connectivity index (χ3n) is 1.15. The first-order chi connectivity index (χ1) is 5.11. The monoisotopic (exact) mass is 284 g/mol. The van der Waals surface area contributed by atoms with E-state index in [2.05, 4.69) is 9.97 Å². The Balaban J connectivity index is 3.16. The molecule has 0 aliphatic rings. The lowest BCUT2D eigenvalue weighted by atomic mass is 10.4. The molecule has 0 aliphatic heterocycles. The summed E-state index contributed by atoms with van der Waals surface area (Å²) in [5, 5.41) is -0.250. The van der Waals surface area contributed by atoms with Crippen molar-refractivity contribution >= 4 is 34.2 Å². The Morgan fingerprint density at radius 3 is 2.91 bits per heavy atom. The zero-order valence-corrected chi connectivity index (χ0v) is 8.68. The van der Waals surface area contributed by atoms with Gasteiger partial charge in [0.1, 0.15) is 5.82 Å². The van der Waals surface area contributed by atoms with Gasteiger partial charge in [0.15, 0.2) is 0 Å². The Hall–Kier alpha value is -0.100. The first-order valence-corrected chi connectivity index (χ1v) is 4.51. The van der Waals surface area contributed by atoms with E-state index < -0.39 is 0 Å². The first kappa shape index (κ1) is 8.99. The van der Waals surface area contributed by atoms with Crippen LogP contribution >= 0.6 is 34.2 Å².